The van der Waals surface area contributed by atoms with Crippen LogP contribution in [0, 0.1) is 5.92 Å². The highest BCUT2D eigenvalue weighted by molar-refractivity contribution is 4.98. The Morgan fingerprint density at radius 3 is 2.92 bits per heavy atom. The fourth-order valence-electron chi connectivity index (χ4n) is 2.88. The molecule has 1 aliphatic carbocycles. The molecule has 0 aromatic heterocycles. The predicted octanol–water partition coefficient (Wildman–Crippen LogP) is 0.801. The van der Waals surface area contributed by atoms with E-state index in [4.69, 9.17) is 5.11 Å². The number of fused-ring (bicyclic) bond motifs is 2. The maximum atomic E-state index is 12.2. The van der Waals surface area contributed by atoms with Crippen molar-refractivity contribution in [3.05, 3.63) is 0 Å². The Kier molecular flexibility index (Phi) is 2.33. The molecule has 3 atom stereocenters. The van der Waals surface area contributed by atoms with Gasteiger partial charge in [0.15, 0.2) is 0 Å². The lowest BCUT2D eigenvalue weighted by Crippen LogP contribution is -2.44. The number of rotatable bonds is 3. The molecule has 2 nitrogen and oxygen atoms in total. The minimum Gasteiger partial charge on any atom is -0.395 e. The largest absolute Gasteiger partial charge is 0.395 e. The summed E-state index contributed by atoms with van der Waals surface area (Å²) in [7, 11) is 0. The number of halogens is 1. The van der Waals surface area contributed by atoms with Crippen molar-refractivity contribution in [2.24, 2.45) is 5.92 Å². The van der Waals surface area contributed by atoms with Crippen LogP contribution in [0.3, 0.4) is 0 Å². The number of aliphatic hydroxyl groups excluding tert-OH is 1. The normalized spacial score (nSPS) is 41.0. The molecular formula is C9H16FNO. The van der Waals surface area contributed by atoms with Gasteiger partial charge in [-0.1, -0.05) is 0 Å². The molecule has 0 aromatic carbocycles. The molecule has 2 aliphatic rings. The molecule has 2 rings (SSSR count). The summed E-state index contributed by atoms with van der Waals surface area (Å²) in [5.41, 5.74) is 0. The molecule has 0 unspecified atom stereocenters. The van der Waals surface area contributed by atoms with Gasteiger partial charge in [-0.05, 0) is 25.2 Å². The molecule has 1 aliphatic heterocycles. The average Bonchev–Trinajstić information content (AvgIpc) is 2.64. The summed E-state index contributed by atoms with van der Waals surface area (Å²) in [6, 6.07) is 0.836. The van der Waals surface area contributed by atoms with Gasteiger partial charge >= 0.3 is 0 Å². The van der Waals surface area contributed by atoms with Crippen LogP contribution >= 0.6 is 0 Å². The number of nitrogens with zero attached hydrogens (tertiary/aromatic N) is 1. The smallest absolute Gasteiger partial charge is 0.102 e. The quantitative estimate of drug-likeness (QED) is 0.682. The van der Waals surface area contributed by atoms with Crippen molar-refractivity contribution < 1.29 is 9.50 Å². The molecule has 70 valence electrons. The molecule has 0 amide bonds. The standard InChI is InChI=1S/C9H16FNO/c10-3-4-11-8-2-1-7(5-8)9(11)6-12/h7-9,12H,1-6H2/t7-,8+,9+/m1/s1. The summed E-state index contributed by atoms with van der Waals surface area (Å²) in [6.07, 6.45) is 3.63. The minimum absolute atomic E-state index is 0.209. The van der Waals surface area contributed by atoms with Gasteiger partial charge in [-0.15, -0.1) is 0 Å². The zero-order chi connectivity index (χ0) is 8.55. The van der Waals surface area contributed by atoms with Crippen molar-refractivity contribution >= 4 is 0 Å². The van der Waals surface area contributed by atoms with E-state index in [0.29, 0.717) is 18.5 Å². The average molecular weight is 173 g/mol. The van der Waals surface area contributed by atoms with Crippen molar-refractivity contribution in [2.75, 3.05) is 19.8 Å². The highest BCUT2D eigenvalue weighted by Crippen LogP contribution is 2.41. The monoisotopic (exact) mass is 173 g/mol. The molecule has 2 fully saturated rings. The van der Waals surface area contributed by atoms with Gasteiger partial charge in [0.1, 0.15) is 6.67 Å². The van der Waals surface area contributed by atoms with E-state index in [9.17, 15) is 4.39 Å². The molecule has 1 heterocycles. The number of aliphatic hydroxyl groups is 1. The first-order chi connectivity index (χ1) is 5.86. The molecule has 3 heteroatoms. The van der Waals surface area contributed by atoms with E-state index in [1.807, 2.05) is 0 Å². The number of likely N-dealkylation sites (tertiary alicyclic amines) is 1. The van der Waals surface area contributed by atoms with E-state index in [1.54, 1.807) is 0 Å². The Balaban J connectivity index is 2.01. The van der Waals surface area contributed by atoms with Gasteiger partial charge in [0, 0.05) is 18.6 Å². The van der Waals surface area contributed by atoms with Crippen LogP contribution in [0.25, 0.3) is 0 Å². The topological polar surface area (TPSA) is 23.5 Å². The van der Waals surface area contributed by atoms with Crippen molar-refractivity contribution in [3.8, 4) is 0 Å². The molecule has 1 saturated carbocycles. The van der Waals surface area contributed by atoms with Crippen molar-refractivity contribution in [1.82, 2.24) is 4.90 Å². The molecule has 0 spiro atoms. The number of hydrogen-bond donors (Lipinski definition) is 1. The van der Waals surface area contributed by atoms with E-state index < -0.39 is 0 Å². The second-order valence-corrected chi connectivity index (χ2v) is 3.90. The number of hydrogen-bond acceptors (Lipinski definition) is 2. The number of piperidine rings is 1. The predicted molar refractivity (Wildman–Crippen MR) is 44.7 cm³/mol. The van der Waals surface area contributed by atoms with Crippen LogP contribution in [-0.2, 0) is 0 Å². The van der Waals surface area contributed by atoms with Crippen LogP contribution in [0.1, 0.15) is 19.3 Å². The lowest BCUT2D eigenvalue weighted by molar-refractivity contribution is 0.0788. The molecule has 12 heavy (non-hydrogen) atoms. The Bertz CT molecular complexity index is 165. The van der Waals surface area contributed by atoms with E-state index in [-0.39, 0.29) is 19.3 Å². The van der Waals surface area contributed by atoms with Crippen LogP contribution in [0.2, 0.25) is 0 Å². The van der Waals surface area contributed by atoms with E-state index in [2.05, 4.69) is 4.90 Å². The van der Waals surface area contributed by atoms with Gasteiger partial charge in [-0.3, -0.25) is 4.90 Å². The van der Waals surface area contributed by atoms with E-state index in [1.165, 1.54) is 19.3 Å². The van der Waals surface area contributed by atoms with E-state index >= 15 is 0 Å². The molecule has 2 bridgehead atoms. The first-order valence-electron chi connectivity index (χ1n) is 4.79. The van der Waals surface area contributed by atoms with Crippen molar-refractivity contribution in [2.45, 2.75) is 31.3 Å². The van der Waals surface area contributed by atoms with Gasteiger partial charge in [0.05, 0.1) is 6.61 Å². The first-order valence-corrected chi connectivity index (χ1v) is 4.79. The second kappa shape index (κ2) is 3.30. The maximum absolute atomic E-state index is 12.2. The maximum Gasteiger partial charge on any atom is 0.102 e. The minimum atomic E-state index is -0.278. The SMILES string of the molecule is OC[C@H]1[C@@H]2CC[C@@H](C2)N1CCF. The summed E-state index contributed by atoms with van der Waals surface area (Å²) < 4.78 is 12.2. The van der Waals surface area contributed by atoms with Gasteiger partial charge in [-0.25, -0.2) is 4.39 Å². The summed E-state index contributed by atoms with van der Waals surface area (Å²) in [5.74, 6) is 0.645. The fourth-order valence-corrected chi connectivity index (χ4v) is 2.88. The van der Waals surface area contributed by atoms with Crippen LogP contribution < -0.4 is 0 Å². The van der Waals surface area contributed by atoms with Crippen LogP contribution in [0.5, 0.6) is 0 Å². The summed E-state index contributed by atoms with van der Waals surface area (Å²) in [6.45, 7) is 0.452. The lowest BCUT2D eigenvalue weighted by atomic mass is 10.00. The third kappa shape index (κ3) is 1.15. The summed E-state index contributed by atoms with van der Waals surface area (Å²) in [5, 5.41) is 9.12. The molecule has 1 N–H and O–H groups in total. The highest BCUT2D eigenvalue weighted by Gasteiger charge is 2.44. The molecule has 1 saturated heterocycles. The molecule has 0 radical (unpaired) electrons. The lowest BCUT2D eigenvalue weighted by Gasteiger charge is -2.33. The van der Waals surface area contributed by atoms with E-state index in [0.717, 1.165) is 0 Å². The first kappa shape index (κ1) is 8.45. The zero-order valence-electron chi connectivity index (χ0n) is 7.25. The van der Waals surface area contributed by atoms with Gasteiger partial charge in [0.2, 0.25) is 0 Å². The third-order valence-corrected chi connectivity index (χ3v) is 3.41. The highest BCUT2D eigenvalue weighted by atomic mass is 19.1. The molecular weight excluding hydrogens is 157 g/mol. The van der Waals surface area contributed by atoms with Gasteiger partial charge in [0.25, 0.3) is 0 Å². The zero-order valence-corrected chi connectivity index (χ0v) is 7.25. The number of alkyl halides is 1. The second-order valence-electron chi connectivity index (χ2n) is 3.90. The van der Waals surface area contributed by atoms with Crippen LogP contribution in [0.4, 0.5) is 4.39 Å². The van der Waals surface area contributed by atoms with Gasteiger partial charge in [-0.2, -0.15) is 0 Å². The summed E-state index contributed by atoms with van der Waals surface area (Å²) >= 11 is 0. The summed E-state index contributed by atoms with van der Waals surface area (Å²) in [4.78, 5) is 2.16. The van der Waals surface area contributed by atoms with Gasteiger partial charge < -0.3 is 5.11 Å². The third-order valence-electron chi connectivity index (χ3n) is 3.41. The Morgan fingerprint density at radius 2 is 2.25 bits per heavy atom. The van der Waals surface area contributed by atoms with Crippen molar-refractivity contribution in [3.63, 3.8) is 0 Å². The Labute approximate surface area is 72.4 Å². The van der Waals surface area contributed by atoms with Crippen LogP contribution in [-0.4, -0.2) is 41.9 Å². The Morgan fingerprint density at radius 1 is 1.42 bits per heavy atom. The van der Waals surface area contributed by atoms with Crippen LogP contribution in [0.15, 0.2) is 0 Å². The fraction of sp³-hybridized carbons (Fsp3) is 1.00. The molecule has 0 aromatic rings. The Hall–Kier alpha value is -0.150. The van der Waals surface area contributed by atoms with Crippen molar-refractivity contribution in [1.29, 1.82) is 0 Å².